The summed E-state index contributed by atoms with van der Waals surface area (Å²) in [7, 11) is 1.99. The lowest BCUT2D eigenvalue weighted by atomic mass is 10.1. The summed E-state index contributed by atoms with van der Waals surface area (Å²) in [4.78, 5) is 10.6. The van der Waals surface area contributed by atoms with Gasteiger partial charge in [0.15, 0.2) is 0 Å². The second kappa shape index (κ2) is 4.82. The molecular formula is C13H16N4. The summed E-state index contributed by atoms with van der Waals surface area (Å²) in [6, 6.07) is 7.86. The van der Waals surface area contributed by atoms with Gasteiger partial charge in [0, 0.05) is 31.7 Å². The number of aromatic nitrogens is 2. The third-order valence-corrected chi connectivity index (χ3v) is 2.68. The summed E-state index contributed by atoms with van der Waals surface area (Å²) in [6.07, 6.45) is 3.40. The monoisotopic (exact) mass is 228 g/mol. The van der Waals surface area contributed by atoms with Crippen molar-refractivity contribution in [2.45, 2.75) is 13.5 Å². The number of hydrogen-bond donors (Lipinski definition) is 1. The van der Waals surface area contributed by atoms with Crippen LogP contribution in [0.5, 0.6) is 0 Å². The smallest absolute Gasteiger partial charge is 0.150 e. The first kappa shape index (κ1) is 11.4. The van der Waals surface area contributed by atoms with E-state index in [0.717, 1.165) is 29.3 Å². The minimum absolute atomic E-state index is 0.728. The van der Waals surface area contributed by atoms with Gasteiger partial charge in [0.05, 0.1) is 5.69 Å². The first-order chi connectivity index (χ1) is 8.18. The van der Waals surface area contributed by atoms with Crippen LogP contribution >= 0.6 is 0 Å². The van der Waals surface area contributed by atoms with Gasteiger partial charge in [-0.1, -0.05) is 18.2 Å². The first-order valence-corrected chi connectivity index (χ1v) is 5.50. The van der Waals surface area contributed by atoms with Crippen LogP contribution in [0.4, 0.5) is 11.5 Å². The van der Waals surface area contributed by atoms with Crippen molar-refractivity contribution >= 4 is 11.5 Å². The number of anilines is 2. The standard InChI is InChI=1S/C13H16N4/c1-10-13(16-8-7-15-10)17(2)9-11-5-3-4-6-12(11)14/h3-8H,9,14H2,1-2H3. The van der Waals surface area contributed by atoms with Gasteiger partial charge in [0.25, 0.3) is 0 Å². The molecule has 0 aliphatic carbocycles. The predicted molar refractivity (Wildman–Crippen MR) is 69.7 cm³/mol. The van der Waals surface area contributed by atoms with Crippen LogP contribution in [0, 0.1) is 6.92 Å². The van der Waals surface area contributed by atoms with Crippen LogP contribution < -0.4 is 10.6 Å². The topological polar surface area (TPSA) is 55.0 Å². The molecule has 0 bridgehead atoms. The lowest BCUT2D eigenvalue weighted by Crippen LogP contribution is -2.19. The number of nitrogens with two attached hydrogens (primary N) is 1. The molecule has 0 spiro atoms. The van der Waals surface area contributed by atoms with Crippen molar-refractivity contribution in [3.63, 3.8) is 0 Å². The van der Waals surface area contributed by atoms with Crippen LogP contribution in [0.3, 0.4) is 0 Å². The minimum atomic E-state index is 0.728. The van der Waals surface area contributed by atoms with E-state index in [1.54, 1.807) is 12.4 Å². The maximum absolute atomic E-state index is 5.92. The average Bonchev–Trinajstić information content (AvgIpc) is 2.32. The van der Waals surface area contributed by atoms with Gasteiger partial charge in [-0.3, -0.25) is 4.98 Å². The molecular weight excluding hydrogens is 212 g/mol. The zero-order valence-electron chi connectivity index (χ0n) is 10.1. The summed E-state index contributed by atoms with van der Waals surface area (Å²) < 4.78 is 0. The van der Waals surface area contributed by atoms with Crippen LogP contribution in [0.2, 0.25) is 0 Å². The van der Waals surface area contributed by atoms with Gasteiger partial charge in [0.2, 0.25) is 0 Å². The van der Waals surface area contributed by atoms with E-state index in [4.69, 9.17) is 5.73 Å². The number of nitrogens with zero attached hydrogens (tertiary/aromatic N) is 3. The third-order valence-electron chi connectivity index (χ3n) is 2.68. The van der Waals surface area contributed by atoms with Crippen molar-refractivity contribution in [1.29, 1.82) is 0 Å². The molecule has 0 radical (unpaired) electrons. The normalized spacial score (nSPS) is 10.2. The largest absolute Gasteiger partial charge is 0.398 e. The highest BCUT2D eigenvalue weighted by molar-refractivity contribution is 5.50. The molecule has 0 unspecified atom stereocenters. The summed E-state index contributed by atoms with van der Waals surface area (Å²) >= 11 is 0. The first-order valence-electron chi connectivity index (χ1n) is 5.50. The molecule has 4 nitrogen and oxygen atoms in total. The summed E-state index contributed by atoms with van der Waals surface area (Å²) in [5.74, 6) is 0.885. The van der Waals surface area contributed by atoms with Gasteiger partial charge in [-0.25, -0.2) is 4.98 Å². The molecule has 4 heteroatoms. The van der Waals surface area contributed by atoms with E-state index in [0.29, 0.717) is 0 Å². The zero-order valence-corrected chi connectivity index (χ0v) is 10.1. The van der Waals surface area contributed by atoms with E-state index in [-0.39, 0.29) is 0 Å². The molecule has 0 atom stereocenters. The Kier molecular flexibility index (Phi) is 3.23. The Labute approximate surface area is 101 Å². The van der Waals surface area contributed by atoms with Crippen LogP contribution in [0.15, 0.2) is 36.7 Å². The Morgan fingerprint density at radius 1 is 1.18 bits per heavy atom. The third kappa shape index (κ3) is 2.53. The van der Waals surface area contributed by atoms with Crippen LogP contribution in [-0.4, -0.2) is 17.0 Å². The van der Waals surface area contributed by atoms with Crippen molar-refractivity contribution in [3.8, 4) is 0 Å². The van der Waals surface area contributed by atoms with E-state index >= 15 is 0 Å². The number of nitrogen functional groups attached to an aromatic ring is 1. The molecule has 1 heterocycles. The SMILES string of the molecule is Cc1nccnc1N(C)Cc1ccccc1N. The van der Waals surface area contributed by atoms with Gasteiger partial charge in [-0.15, -0.1) is 0 Å². The Morgan fingerprint density at radius 3 is 2.59 bits per heavy atom. The molecule has 0 amide bonds. The maximum Gasteiger partial charge on any atom is 0.150 e. The highest BCUT2D eigenvalue weighted by Gasteiger charge is 2.08. The number of benzene rings is 1. The quantitative estimate of drug-likeness (QED) is 0.816. The predicted octanol–water partition coefficient (Wildman–Crippen LogP) is 2.00. The molecule has 0 saturated carbocycles. The van der Waals surface area contributed by atoms with Crippen molar-refractivity contribution in [2.75, 3.05) is 17.7 Å². The fourth-order valence-electron chi connectivity index (χ4n) is 1.78. The molecule has 2 rings (SSSR count). The number of aryl methyl sites for hydroxylation is 1. The molecule has 2 aromatic rings. The highest BCUT2D eigenvalue weighted by atomic mass is 15.2. The summed E-state index contributed by atoms with van der Waals surface area (Å²) in [6.45, 7) is 2.68. The van der Waals surface area contributed by atoms with Gasteiger partial charge in [-0.05, 0) is 18.6 Å². The van der Waals surface area contributed by atoms with Crippen LogP contribution in [0.1, 0.15) is 11.3 Å². The molecule has 0 fully saturated rings. The van der Waals surface area contributed by atoms with E-state index < -0.39 is 0 Å². The van der Waals surface area contributed by atoms with Crippen molar-refractivity contribution in [2.24, 2.45) is 0 Å². The van der Waals surface area contributed by atoms with Crippen molar-refractivity contribution < 1.29 is 0 Å². The molecule has 0 aliphatic heterocycles. The molecule has 88 valence electrons. The molecule has 1 aromatic heterocycles. The molecule has 17 heavy (non-hydrogen) atoms. The number of para-hydroxylation sites is 1. The Bertz CT molecular complexity index is 510. The van der Waals surface area contributed by atoms with Gasteiger partial charge < -0.3 is 10.6 Å². The average molecular weight is 228 g/mol. The van der Waals surface area contributed by atoms with Gasteiger partial charge >= 0.3 is 0 Å². The Morgan fingerprint density at radius 2 is 1.88 bits per heavy atom. The Balaban J connectivity index is 2.20. The van der Waals surface area contributed by atoms with E-state index in [1.807, 2.05) is 43.1 Å². The van der Waals surface area contributed by atoms with Crippen LogP contribution in [-0.2, 0) is 6.54 Å². The van der Waals surface area contributed by atoms with E-state index in [1.165, 1.54) is 0 Å². The van der Waals surface area contributed by atoms with E-state index in [2.05, 4.69) is 9.97 Å². The Hall–Kier alpha value is -2.10. The lowest BCUT2D eigenvalue weighted by molar-refractivity contribution is 0.879. The maximum atomic E-state index is 5.92. The fourth-order valence-corrected chi connectivity index (χ4v) is 1.78. The van der Waals surface area contributed by atoms with Gasteiger partial charge in [0.1, 0.15) is 5.82 Å². The van der Waals surface area contributed by atoms with Gasteiger partial charge in [-0.2, -0.15) is 0 Å². The summed E-state index contributed by atoms with van der Waals surface area (Å²) in [5.41, 5.74) is 8.75. The van der Waals surface area contributed by atoms with E-state index in [9.17, 15) is 0 Å². The highest BCUT2D eigenvalue weighted by Crippen LogP contribution is 2.18. The van der Waals surface area contributed by atoms with Crippen molar-refractivity contribution in [3.05, 3.63) is 47.9 Å². The molecule has 0 aliphatic rings. The zero-order chi connectivity index (χ0) is 12.3. The van der Waals surface area contributed by atoms with Crippen LogP contribution in [0.25, 0.3) is 0 Å². The lowest BCUT2D eigenvalue weighted by Gasteiger charge is -2.20. The summed E-state index contributed by atoms with van der Waals surface area (Å²) in [5, 5.41) is 0. The minimum Gasteiger partial charge on any atom is -0.398 e. The second-order valence-corrected chi connectivity index (χ2v) is 4.02. The van der Waals surface area contributed by atoms with Crippen molar-refractivity contribution in [1.82, 2.24) is 9.97 Å². The fraction of sp³-hybridized carbons (Fsp3) is 0.231. The second-order valence-electron chi connectivity index (χ2n) is 4.02. The molecule has 1 aromatic carbocycles. The number of rotatable bonds is 3. The molecule has 2 N–H and O–H groups in total. The molecule has 0 saturated heterocycles. The number of hydrogen-bond acceptors (Lipinski definition) is 4.